The molecule has 0 unspecified atom stereocenters. The maximum absolute atomic E-state index is 8.24. The number of hydrogen-bond donors (Lipinski definition) is 1. The van der Waals surface area contributed by atoms with Gasteiger partial charge >= 0.3 is 32.7 Å². The molecule has 56 valence electrons. The molecule has 0 aliphatic carbocycles. The van der Waals surface area contributed by atoms with Gasteiger partial charge in [-0.15, -0.1) is 0 Å². The van der Waals surface area contributed by atoms with Crippen molar-refractivity contribution in [3.05, 3.63) is 6.04 Å². The van der Waals surface area contributed by atoms with Crippen molar-refractivity contribution in [1.29, 1.82) is 0 Å². The van der Waals surface area contributed by atoms with Gasteiger partial charge in [0.2, 0.25) is 0 Å². The number of hydrogen-bond acceptors (Lipinski definition) is 2. The van der Waals surface area contributed by atoms with Crippen LogP contribution in [0, 0.1) is 6.04 Å². The van der Waals surface area contributed by atoms with Gasteiger partial charge in [0.1, 0.15) is 0 Å². The van der Waals surface area contributed by atoms with Crippen molar-refractivity contribution < 1.29 is 42.6 Å². The van der Waals surface area contributed by atoms with E-state index in [1.54, 1.807) is 0 Å². The van der Waals surface area contributed by atoms with Gasteiger partial charge in [0, 0.05) is 0 Å². The smallest absolute Gasteiger partial charge is 0.665 e. The molecule has 10 heavy (non-hydrogen) atoms. The Labute approximate surface area is 87.7 Å². The van der Waals surface area contributed by atoms with E-state index in [2.05, 4.69) is 18.7 Å². The molecule has 0 aromatic rings. The zero-order valence-electron chi connectivity index (χ0n) is 6.88. The molecule has 0 heterocycles. The van der Waals surface area contributed by atoms with Crippen molar-refractivity contribution in [1.82, 2.24) is 4.90 Å². The third kappa shape index (κ3) is 23.6. The first-order valence-electron chi connectivity index (χ1n) is 2.55. The summed E-state index contributed by atoms with van der Waals surface area (Å²) in [4.78, 5) is 10.3. The molecule has 0 aliphatic heterocycles. The quantitative estimate of drug-likeness (QED) is 0.662. The van der Waals surface area contributed by atoms with Crippen LogP contribution in [0.1, 0.15) is 13.8 Å². The summed E-state index contributed by atoms with van der Waals surface area (Å²) in [6.45, 7) is 4.67. The molecule has 0 radical (unpaired) electrons. The zero-order valence-corrected chi connectivity index (χ0v) is 9.72. The van der Waals surface area contributed by atoms with Gasteiger partial charge in [0.25, 0.3) is 0 Å². The van der Waals surface area contributed by atoms with E-state index in [4.69, 9.17) is 9.90 Å². The summed E-state index contributed by atoms with van der Waals surface area (Å²) in [5.41, 5.74) is 0. The van der Waals surface area contributed by atoms with Crippen LogP contribution in [-0.2, 0) is 37.5 Å². The van der Waals surface area contributed by atoms with Crippen LogP contribution in [0.5, 0.6) is 0 Å². The molecule has 0 spiro atoms. The average molecular weight is 220 g/mol. The van der Waals surface area contributed by atoms with E-state index in [9.17, 15) is 0 Å². The summed E-state index contributed by atoms with van der Waals surface area (Å²) in [6.07, 6.45) is 0. The van der Waals surface area contributed by atoms with Gasteiger partial charge in [0.05, 0.1) is 0 Å². The van der Waals surface area contributed by atoms with Crippen molar-refractivity contribution in [2.24, 2.45) is 0 Å². The van der Waals surface area contributed by atoms with Crippen molar-refractivity contribution >= 4 is 6.47 Å². The molecule has 0 rings (SSSR count). The van der Waals surface area contributed by atoms with Crippen LogP contribution in [0.3, 0.4) is 0 Å². The molecule has 4 heteroatoms. The summed E-state index contributed by atoms with van der Waals surface area (Å²) >= 11 is 0. The van der Waals surface area contributed by atoms with E-state index in [1.807, 2.05) is 14.1 Å². The number of nitrogens with zero attached hydrogens (tertiary/aromatic N) is 1. The van der Waals surface area contributed by atoms with Crippen LogP contribution < -0.4 is 0 Å². The number of rotatable bonds is 1. The topological polar surface area (TPSA) is 40.5 Å². The molecule has 0 fully saturated rings. The van der Waals surface area contributed by atoms with Crippen LogP contribution in [0.2, 0.25) is 0 Å². The third-order valence-electron chi connectivity index (χ3n) is 0.894. The van der Waals surface area contributed by atoms with E-state index in [1.165, 1.54) is 6.04 Å². The Hall–Kier alpha value is 0.534. The third-order valence-corrected chi connectivity index (χ3v) is 0.894. The molecule has 0 aromatic carbocycles. The molecule has 0 aliphatic rings. The molecular formula is C6H13NO2Y+. The fourth-order valence-electron chi connectivity index (χ4n) is 0. The molecule has 0 bridgehead atoms. The zero-order chi connectivity index (χ0) is 7.86. The normalized spacial score (nSPS) is 7.80. The Morgan fingerprint density at radius 3 is 1.50 bits per heavy atom. The van der Waals surface area contributed by atoms with Crippen LogP contribution in [0.4, 0.5) is 0 Å². The van der Waals surface area contributed by atoms with Crippen LogP contribution >= 0.6 is 0 Å². The molecule has 3 nitrogen and oxygen atoms in total. The molecule has 0 amide bonds. The number of aliphatic hydroxyl groups excluding tert-OH is 1. The summed E-state index contributed by atoms with van der Waals surface area (Å²) in [5, 5.41) is 6.76. The minimum atomic E-state index is 0. The molecular weight excluding hydrogens is 207 g/mol. The maximum atomic E-state index is 8.24. The summed E-state index contributed by atoms with van der Waals surface area (Å²) in [7, 11) is 4.07. The Kier molecular flexibility index (Phi) is 20.6. The SMILES string of the molecule is C[C-](C)N(C)C.O=[C-]O.[Y+3]. The summed E-state index contributed by atoms with van der Waals surface area (Å²) < 4.78 is 0. The average Bonchev–Trinajstić information content (AvgIpc) is 1.68. The molecule has 1 N–H and O–H groups in total. The molecule has 0 atom stereocenters. The van der Waals surface area contributed by atoms with E-state index in [0.717, 1.165) is 0 Å². The second-order valence-corrected chi connectivity index (χ2v) is 1.93. The standard InChI is InChI=1S/C5H12N.CHO2.Y/c1-5(2)6(3)4;2-1-3;/h1-4H3;(H,2,3);/q2*-1;+3. The van der Waals surface area contributed by atoms with E-state index < -0.39 is 0 Å². The van der Waals surface area contributed by atoms with E-state index in [0.29, 0.717) is 6.47 Å². The van der Waals surface area contributed by atoms with Gasteiger partial charge in [-0.25, -0.2) is 0 Å². The van der Waals surface area contributed by atoms with Gasteiger partial charge in [-0.2, -0.15) is 13.8 Å². The first-order chi connectivity index (χ1) is 4.06. The van der Waals surface area contributed by atoms with Crippen LogP contribution in [0.15, 0.2) is 0 Å². The largest absolute Gasteiger partial charge is 3.00 e. The van der Waals surface area contributed by atoms with Crippen molar-refractivity contribution in [2.75, 3.05) is 14.1 Å². The van der Waals surface area contributed by atoms with Gasteiger partial charge in [-0.3, -0.25) is 6.04 Å². The van der Waals surface area contributed by atoms with Gasteiger partial charge < -0.3 is 14.8 Å². The first kappa shape index (κ1) is 16.9. The maximum Gasteiger partial charge on any atom is 3.00 e. The van der Waals surface area contributed by atoms with E-state index >= 15 is 0 Å². The predicted octanol–water partition coefficient (Wildman–Crippen LogP) is 0.729. The Morgan fingerprint density at radius 2 is 1.50 bits per heavy atom. The molecule has 0 aromatic heterocycles. The van der Waals surface area contributed by atoms with Crippen LogP contribution in [0.25, 0.3) is 0 Å². The first-order valence-corrected chi connectivity index (χ1v) is 2.55. The minimum Gasteiger partial charge on any atom is -0.665 e. The second-order valence-electron chi connectivity index (χ2n) is 1.93. The Bertz CT molecular complexity index is 60.8. The monoisotopic (exact) mass is 220 g/mol. The van der Waals surface area contributed by atoms with Gasteiger partial charge in [-0.1, -0.05) is 6.47 Å². The van der Waals surface area contributed by atoms with Gasteiger partial charge in [-0.05, 0) is 14.1 Å². The fraction of sp³-hybridized carbons (Fsp3) is 0.667. The Morgan fingerprint density at radius 1 is 1.40 bits per heavy atom. The van der Waals surface area contributed by atoms with Crippen molar-refractivity contribution in [2.45, 2.75) is 13.8 Å². The second kappa shape index (κ2) is 12.2. The van der Waals surface area contributed by atoms with Crippen molar-refractivity contribution in [3.63, 3.8) is 0 Å². The van der Waals surface area contributed by atoms with Crippen LogP contribution in [-0.4, -0.2) is 30.6 Å². The summed E-state index contributed by atoms with van der Waals surface area (Å²) in [5.74, 6) is 0. The van der Waals surface area contributed by atoms with E-state index in [-0.39, 0.29) is 32.7 Å². The molecule has 0 saturated heterocycles. The molecule has 0 saturated carbocycles. The predicted molar refractivity (Wildman–Crippen MR) is 36.6 cm³/mol. The fourth-order valence-corrected chi connectivity index (χ4v) is 0. The van der Waals surface area contributed by atoms with Gasteiger partial charge in [0.15, 0.2) is 0 Å². The minimum absolute atomic E-state index is 0. The Balaban J connectivity index is -0.000000107. The summed E-state index contributed by atoms with van der Waals surface area (Å²) in [6, 6.07) is 1.34. The van der Waals surface area contributed by atoms with Crippen molar-refractivity contribution in [3.8, 4) is 0 Å².